The number of carbonyl (C=O) groups excluding carboxylic acids is 1. The normalized spacial score (nSPS) is 13.1. The Kier molecular flexibility index (Phi) is 5.73. The number of ether oxygens (including phenoxy) is 1. The topological polar surface area (TPSA) is 75.6 Å². The number of amides is 1. The first-order valence-electron chi connectivity index (χ1n) is 4.68. The third-order valence-electron chi connectivity index (χ3n) is 1.44. The van der Waals surface area contributed by atoms with Crippen LogP contribution in [0.5, 0.6) is 0 Å². The van der Waals surface area contributed by atoms with Gasteiger partial charge in [0.25, 0.3) is 0 Å². The summed E-state index contributed by atoms with van der Waals surface area (Å²) < 4.78 is 4.96. The van der Waals surface area contributed by atoms with E-state index in [1.54, 1.807) is 20.8 Å². The van der Waals surface area contributed by atoms with Crippen molar-refractivity contribution in [1.29, 1.82) is 0 Å². The molecule has 0 aliphatic rings. The van der Waals surface area contributed by atoms with E-state index in [9.17, 15) is 9.59 Å². The van der Waals surface area contributed by atoms with E-state index in [0.717, 1.165) is 5.21 Å². The van der Waals surface area contributed by atoms with Crippen LogP contribution >= 0.6 is 0 Å². The van der Waals surface area contributed by atoms with Crippen LogP contribution in [0.15, 0.2) is 0 Å². The SMILES string of the molecule is CC(C)(C)OC(=O)N[C@@H](CC[AsH2])C(=O)O. The molecule has 0 heterocycles. The van der Waals surface area contributed by atoms with Crippen molar-refractivity contribution in [2.45, 2.75) is 44.0 Å². The number of carbonyl (C=O) groups is 2. The summed E-state index contributed by atoms with van der Waals surface area (Å²) in [6.07, 6.45) is -0.259. The van der Waals surface area contributed by atoms with E-state index in [4.69, 9.17) is 9.84 Å². The van der Waals surface area contributed by atoms with Gasteiger partial charge in [-0.15, -0.1) is 0 Å². The number of carboxylic acids is 1. The zero-order valence-corrected chi connectivity index (χ0v) is 11.7. The maximum atomic E-state index is 11.3. The third kappa shape index (κ3) is 7.25. The quantitative estimate of drug-likeness (QED) is 0.731. The van der Waals surface area contributed by atoms with Gasteiger partial charge in [-0.25, -0.2) is 0 Å². The molecular formula is C9H18AsNO4. The van der Waals surface area contributed by atoms with Crippen LogP contribution in [0.3, 0.4) is 0 Å². The summed E-state index contributed by atoms with van der Waals surface area (Å²) in [4.78, 5) is 22.0. The Bertz CT molecular complexity index is 237. The molecule has 15 heavy (non-hydrogen) atoms. The molecule has 2 N–H and O–H groups in total. The zero-order valence-electron chi connectivity index (χ0n) is 9.24. The van der Waals surface area contributed by atoms with Gasteiger partial charge in [-0.3, -0.25) is 0 Å². The van der Waals surface area contributed by atoms with Gasteiger partial charge in [0.05, 0.1) is 0 Å². The van der Waals surface area contributed by atoms with Gasteiger partial charge in [-0.2, -0.15) is 0 Å². The Morgan fingerprint density at radius 2 is 2.00 bits per heavy atom. The molecule has 0 aliphatic carbocycles. The van der Waals surface area contributed by atoms with Gasteiger partial charge in [-0.1, -0.05) is 0 Å². The summed E-state index contributed by atoms with van der Waals surface area (Å²) in [5.74, 6) is -1.03. The number of hydrogen-bond acceptors (Lipinski definition) is 3. The first-order valence-corrected chi connectivity index (χ1v) is 6.40. The van der Waals surface area contributed by atoms with Crippen LogP contribution in [-0.4, -0.2) is 45.7 Å². The number of alkyl carbamates (subject to hydrolysis) is 1. The van der Waals surface area contributed by atoms with Crippen molar-refractivity contribution in [3.8, 4) is 0 Å². The molecule has 1 amide bonds. The average molecular weight is 279 g/mol. The molecule has 0 saturated carbocycles. The number of rotatable bonds is 4. The first-order chi connectivity index (χ1) is 6.76. The standard InChI is InChI=1S/C9H18AsNO4/c1-9(2,3)15-8(14)11-6(4-5-10)7(12)13/h6H,4-5,10H2,1-3H3,(H,11,14)(H,12,13)/t6-/m0/s1. The molecule has 0 aromatic rings. The van der Waals surface area contributed by atoms with Crippen LogP contribution in [0, 0.1) is 0 Å². The summed E-state index contributed by atoms with van der Waals surface area (Å²) in [6.45, 7) is 5.18. The minimum absolute atomic E-state index is 0.425. The van der Waals surface area contributed by atoms with Crippen molar-refractivity contribution >= 4 is 28.9 Å². The van der Waals surface area contributed by atoms with Gasteiger partial charge in [0.15, 0.2) is 0 Å². The fraction of sp³-hybridized carbons (Fsp3) is 0.778. The summed E-state index contributed by atoms with van der Waals surface area (Å²) in [7, 11) is 0. The predicted octanol–water partition coefficient (Wildman–Crippen LogP) is 0.406. The molecule has 0 saturated heterocycles. The summed E-state index contributed by atoms with van der Waals surface area (Å²) >= 11 is 1.43. The van der Waals surface area contributed by atoms with Crippen LogP contribution in [0.25, 0.3) is 0 Å². The fourth-order valence-electron chi connectivity index (χ4n) is 0.874. The first kappa shape index (κ1) is 14.3. The van der Waals surface area contributed by atoms with Crippen molar-refractivity contribution in [1.82, 2.24) is 5.32 Å². The second-order valence-electron chi connectivity index (χ2n) is 4.11. The Morgan fingerprint density at radius 3 is 2.33 bits per heavy atom. The summed E-state index contributed by atoms with van der Waals surface area (Å²) in [6, 6.07) is -0.855. The zero-order chi connectivity index (χ0) is 12.1. The van der Waals surface area contributed by atoms with Gasteiger partial charge < -0.3 is 0 Å². The second-order valence-corrected chi connectivity index (χ2v) is 5.33. The summed E-state index contributed by atoms with van der Waals surface area (Å²) in [5, 5.41) is 11.9. The molecule has 0 bridgehead atoms. The molecule has 88 valence electrons. The van der Waals surface area contributed by atoms with E-state index in [0.29, 0.717) is 6.42 Å². The van der Waals surface area contributed by atoms with Crippen LogP contribution < -0.4 is 5.32 Å². The van der Waals surface area contributed by atoms with E-state index in [2.05, 4.69) is 5.32 Å². The monoisotopic (exact) mass is 279 g/mol. The summed E-state index contributed by atoms with van der Waals surface area (Å²) in [5.41, 5.74) is -0.608. The third-order valence-corrected chi connectivity index (χ3v) is 2.14. The van der Waals surface area contributed by atoms with Gasteiger partial charge >= 0.3 is 97.7 Å². The van der Waals surface area contributed by atoms with Crippen LogP contribution in [0.4, 0.5) is 4.79 Å². The molecule has 5 nitrogen and oxygen atoms in total. The number of carboxylic acid groups (broad SMARTS) is 1. The van der Waals surface area contributed by atoms with Crippen molar-refractivity contribution in [2.24, 2.45) is 0 Å². The molecule has 1 unspecified atom stereocenters. The van der Waals surface area contributed by atoms with E-state index >= 15 is 0 Å². The Morgan fingerprint density at radius 1 is 1.47 bits per heavy atom. The molecule has 6 heteroatoms. The Balaban J connectivity index is 4.18. The van der Waals surface area contributed by atoms with Gasteiger partial charge in [-0.05, 0) is 0 Å². The van der Waals surface area contributed by atoms with Gasteiger partial charge in [0, 0.05) is 0 Å². The molecule has 0 fully saturated rings. The van der Waals surface area contributed by atoms with E-state index < -0.39 is 23.7 Å². The predicted molar refractivity (Wildman–Crippen MR) is 58.8 cm³/mol. The Labute approximate surface area is 98.1 Å². The molecule has 0 aromatic carbocycles. The van der Waals surface area contributed by atoms with Crippen molar-refractivity contribution in [3.63, 3.8) is 0 Å². The average Bonchev–Trinajstić information content (AvgIpc) is 1.99. The minimum atomic E-state index is -1.03. The van der Waals surface area contributed by atoms with Gasteiger partial charge in [0.2, 0.25) is 0 Å². The van der Waals surface area contributed by atoms with Gasteiger partial charge in [0.1, 0.15) is 0 Å². The van der Waals surface area contributed by atoms with Crippen molar-refractivity contribution < 1.29 is 19.4 Å². The number of aliphatic carboxylic acids is 1. The maximum absolute atomic E-state index is 11.3. The molecule has 2 atom stereocenters. The molecule has 0 aliphatic heterocycles. The van der Waals surface area contributed by atoms with Crippen LogP contribution in [0.2, 0.25) is 5.21 Å². The van der Waals surface area contributed by atoms with Crippen LogP contribution in [-0.2, 0) is 9.53 Å². The van der Waals surface area contributed by atoms with Crippen LogP contribution in [0.1, 0.15) is 27.2 Å². The Hall–Kier alpha value is -0.702. The van der Waals surface area contributed by atoms with Crippen molar-refractivity contribution in [2.75, 3.05) is 0 Å². The van der Waals surface area contributed by atoms with Crippen molar-refractivity contribution in [3.05, 3.63) is 0 Å². The molecule has 0 radical (unpaired) electrons. The fourth-order valence-corrected chi connectivity index (χ4v) is 1.57. The number of nitrogens with one attached hydrogen (secondary N) is 1. The number of hydrogen-bond donors (Lipinski definition) is 2. The molecule has 0 rings (SSSR count). The molecule has 0 spiro atoms. The van der Waals surface area contributed by atoms with E-state index in [1.165, 1.54) is 16.9 Å². The molecule has 0 aromatic heterocycles. The second kappa shape index (κ2) is 6.01. The van der Waals surface area contributed by atoms with E-state index in [-0.39, 0.29) is 0 Å². The molecular weight excluding hydrogens is 261 g/mol. The van der Waals surface area contributed by atoms with E-state index in [1.807, 2.05) is 0 Å².